The summed E-state index contributed by atoms with van der Waals surface area (Å²) >= 11 is 1.85. The van der Waals surface area contributed by atoms with E-state index in [9.17, 15) is 4.79 Å². The molecule has 0 saturated carbocycles. The molecule has 0 radical (unpaired) electrons. The number of para-hydroxylation sites is 1. The Morgan fingerprint density at radius 2 is 2.16 bits per heavy atom. The number of nitrogens with one attached hydrogen (secondary N) is 2. The summed E-state index contributed by atoms with van der Waals surface area (Å²) in [6.07, 6.45) is 2.12. The Labute approximate surface area is 117 Å². The summed E-state index contributed by atoms with van der Waals surface area (Å²) in [5.74, 6) is 1.76. The van der Waals surface area contributed by atoms with Crippen LogP contribution in [0.1, 0.15) is 12.5 Å². The minimum Gasteiger partial charge on any atom is -0.322 e. The molecule has 19 heavy (non-hydrogen) atoms. The molecule has 3 nitrogen and oxygen atoms in total. The maximum Gasteiger partial charge on any atom is 0.252 e. The van der Waals surface area contributed by atoms with Gasteiger partial charge in [-0.2, -0.15) is 11.8 Å². The van der Waals surface area contributed by atoms with Crippen LogP contribution in [0.2, 0.25) is 0 Å². The lowest BCUT2D eigenvalue weighted by Gasteiger charge is -2.11. The summed E-state index contributed by atoms with van der Waals surface area (Å²) in [6.45, 7) is 3.78. The van der Waals surface area contributed by atoms with Crippen molar-refractivity contribution in [1.29, 1.82) is 0 Å². The van der Waals surface area contributed by atoms with Crippen molar-refractivity contribution in [3.05, 3.63) is 46.2 Å². The number of pyridine rings is 1. The molecule has 2 rings (SSSR count). The number of aromatic amines is 1. The number of fused-ring (bicyclic) bond motifs is 1. The lowest BCUT2D eigenvalue weighted by molar-refractivity contribution is 0.558. The van der Waals surface area contributed by atoms with Gasteiger partial charge in [0.2, 0.25) is 0 Å². The Morgan fingerprint density at radius 1 is 1.37 bits per heavy atom. The van der Waals surface area contributed by atoms with Crippen LogP contribution in [0.3, 0.4) is 0 Å². The molecule has 0 aliphatic heterocycles. The molecule has 1 aromatic carbocycles. The van der Waals surface area contributed by atoms with Crippen LogP contribution in [-0.2, 0) is 6.54 Å². The first-order valence-electron chi connectivity index (χ1n) is 6.51. The number of hydrogen-bond acceptors (Lipinski definition) is 3. The highest BCUT2D eigenvalue weighted by atomic mass is 32.2. The highest BCUT2D eigenvalue weighted by Gasteiger charge is 2.04. The predicted octanol–water partition coefficient (Wildman–Crippen LogP) is 2.62. The molecule has 0 spiro atoms. The number of hydrogen-bond donors (Lipinski definition) is 2. The van der Waals surface area contributed by atoms with Crippen LogP contribution < -0.4 is 10.9 Å². The van der Waals surface area contributed by atoms with Gasteiger partial charge < -0.3 is 10.3 Å². The summed E-state index contributed by atoms with van der Waals surface area (Å²) < 4.78 is 0. The van der Waals surface area contributed by atoms with E-state index < -0.39 is 0 Å². The molecule has 102 valence electrons. The molecule has 1 aromatic heterocycles. The van der Waals surface area contributed by atoms with Crippen LogP contribution in [0.15, 0.2) is 35.1 Å². The predicted molar refractivity (Wildman–Crippen MR) is 83.8 cm³/mol. The molecule has 0 amide bonds. The van der Waals surface area contributed by atoms with Crippen molar-refractivity contribution in [3.8, 4) is 0 Å². The van der Waals surface area contributed by atoms with Crippen molar-refractivity contribution in [3.63, 3.8) is 0 Å². The first kappa shape index (κ1) is 14.2. The summed E-state index contributed by atoms with van der Waals surface area (Å²) in [7, 11) is 0. The number of H-pyrrole nitrogens is 1. The van der Waals surface area contributed by atoms with Crippen LogP contribution in [-0.4, -0.2) is 23.5 Å². The largest absolute Gasteiger partial charge is 0.322 e. The first-order chi connectivity index (χ1) is 9.20. The zero-order chi connectivity index (χ0) is 13.7. The number of aromatic nitrogens is 1. The van der Waals surface area contributed by atoms with Gasteiger partial charge in [-0.1, -0.05) is 25.1 Å². The number of rotatable bonds is 6. The average Bonchev–Trinajstić information content (AvgIpc) is 2.39. The van der Waals surface area contributed by atoms with E-state index in [1.165, 1.54) is 0 Å². The van der Waals surface area contributed by atoms with Gasteiger partial charge in [0.15, 0.2) is 0 Å². The second kappa shape index (κ2) is 6.78. The molecule has 2 N–H and O–H groups in total. The average molecular weight is 276 g/mol. The van der Waals surface area contributed by atoms with Crippen molar-refractivity contribution >= 4 is 22.7 Å². The van der Waals surface area contributed by atoms with E-state index in [0.717, 1.165) is 28.8 Å². The van der Waals surface area contributed by atoms with Crippen molar-refractivity contribution in [2.24, 2.45) is 5.92 Å². The normalized spacial score (nSPS) is 12.7. The summed E-state index contributed by atoms with van der Waals surface area (Å²) in [6, 6.07) is 9.83. The highest BCUT2D eigenvalue weighted by Crippen LogP contribution is 2.10. The second-order valence-electron chi connectivity index (χ2n) is 4.90. The van der Waals surface area contributed by atoms with Gasteiger partial charge in [-0.25, -0.2) is 0 Å². The SMILES string of the molecule is CSCC(C)CNCc1cc2ccccc2[nH]c1=O. The van der Waals surface area contributed by atoms with E-state index in [-0.39, 0.29) is 5.56 Å². The molecular formula is C15H20N2OS. The van der Waals surface area contributed by atoms with Crippen LogP contribution in [0, 0.1) is 5.92 Å². The maximum atomic E-state index is 11.9. The van der Waals surface area contributed by atoms with Gasteiger partial charge in [0.05, 0.1) is 0 Å². The lowest BCUT2D eigenvalue weighted by atomic mass is 10.1. The molecule has 1 unspecified atom stereocenters. The van der Waals surface area contributed by atoms with E-state index in [1.54, 1.807) is 0 Å². The van der Waals surface area contributed by atoms with Gasteiger partial charge in [0, 0.05) is 17.6 Å². The molecule has 4 heteroatoms. The Hall–Kier alpha value is -1.26. The van der Waals surface area contributed by atoms with Crippen molar-refractivity contribution in [2.45, 2.75) is 13.5 Å². The van der Waals surface area contributed by atoms with Crippen molar-refractivity contribution in [1.82, 2.24) is 10.3 Å². The van der Waals surface area contributed by atoms with Gasteiger partial charge in [-0.05, 0) is 42.0 Å². The standard InChI is InChI=1S/C15H20N2OS/c1-11(10-19-2)8-16-9-13-7-12-5-3-4-6-14(12)17-15(13)18/h3-7,11,16H,8-10H2,1-2H3,(H,17,18). The lowest BCUT2D eigenvalue weighted by Crippen LogP contribution is -2.25. The zero-order valence-corrected chi connectivity index (χ0v) is 12.2. The molecule has 0 aliphatic carbocycles. The van der Waals surface area contributed by atoms with Crippen LogP contribution in [0.4, 0.5) is 0 Å². The van der Waals surface area contributed by atoms with Crippen LogP contribution in [0.5, 0.6) is 0 Å². The van der Waals surface area contributed by atoms with Crippen molar-refractivity contribution < 1.29 is 0 Å². The third kappa shape index (κ3) is 3.85. The van der Waals surface area contributed by atoms with E-state index in [4.69, 9.17) is 0 Å². The molecule has 0 fully saturated rings. The van der Waals surface area contributed by atoms with Crippen LogP contribution >= 0.6 is 11.8 Å². The number of thioether (sulfide) groups is 1. The minimum atomic E-state index is 0.00344. The van der Waals surface area contributed by atoms with Gasteiger partial charge in [0.1, 0.15) is 0 Å². The second-order valence-corrected chi connectivity index (χ2v) is 5.81. The van der Waals surface area contributed by atoms with Gasteiger partial charge in [-0.3, -0.25) is 4.79 Å². The molecule has 0 bridgehead atoms. The van der Waals surface area contributed by atoms with Gasteiger partial charge in [-0.15, -0.1) is 0 Å². The third-order valence-electron chi connectivity index (χ3n) is 3.09. The summed E-state index contributed by atoms with van der Waals surface area (Å²) in [4.78, 5) is 14.9. The molecule has 1 atom stereocenters. The summed E-state index contributed by atoms with van der Waals surface area (Å²) in [5.41, 5.74) is 1.70. The third-order valence-corrected chi connectivity index (χ3v) is 3.99. The fourth-order valence-electron chi connectivity index (χ4n) is 2.12. The monoisotopic (exact) mass is 276 g/mol. The quantitative estimate of drug-likeness (QED) is 0.852. The van der Waals surface area contributed by atoms with E-state index in [1.807, 2.05) is 42.1 Å². The smallest absolute Gasteiger partial charge is 0.252 e. The van der Waals surface area contributed by atoms with Crippen molar-refractivity contribution in [2.75, 3.05) is 18.6 Å². The topological polar surface area (TPSA) is 44.9 Å². The number of benzene rings is 1. The fraction of sp³-hybridized carbons (Fsp3) is 0.400. The zero-order valence-electron chi connectivity index (χ0n) is 11.4. The first-order valence-corrected chi connectivity index (χ1v) is 7.90. The summed E-state index contributed by atoms with van der Waals surface area (Å²) in [5, 5.41) is 4.44. The fourth-order valence-corrected chi connectivity index (χ4v) is 2.81. The molecule has 0 aliphatic rings. The van der Waals surface area contributed by atoms with Crippen LogP contribution in [0.25, 0.3) is 10.9 Å². The van der Waals surface area contributed by atoms with Gasteiger partial charge >= 0.3 is 0 Å². The Morgan fingerprint density at radius 3 is 2.95 bits per heavy atom. The minimum absolute atomic E-state index is 0.00344. The maximum absolute atomic E-state index is 11.9. The molecule has 2 aromatic rings. The Bertz CT molecular complexity index is 594. The van der Waals surface area contributed by atoms with E-state index >= 15 is 0 Å². The molecular weight excluding hydrogens is 256 g/mol. The molecule has 0 saturated heterocycles. The van der Waals surface area contributed by atoms with E-state index in [0.29, 0.717) is 12.5 Å². The highest BCUT2D eigenvalue weighted by molar-refractivity contribution is 7.98. The Balaban J connectivity index is 2.04. The Kier molecular flexibility index (Phi) is 5.05. The van der Waals surface area contributed by atoms with Gasteiger partial charge in [0.25, 0.3) is 5.56 Å². The molecule has 1 heterocycles. The van der Waals surface area contributed by atoms with E-state index in [2.05, 4.69) is 23.5 Å².